The van der Waals surface area contributed by atoms with Crippen LogP contribution >= 0.6 is 34.4 Å². The molecule has 0 bridgehead atoms. The van der Waals surface area contributed by atoms with Gasteiger partial charge in [0.05, 0.1) is 19.8 Å². The number of rotatable bonds is 8. The van der Waals surface area contributed by atoms with Crippen molar-refractivity contribution in [2.24, 2.45) is 0 Å². The molecular weight excluding hydrogens is 579 g/mol. The first-order valence-electron chi connectivity index (χ1n) is 12.5. The van der Waals surface area contributed by atoms with Crippen molar-refractivity contribution in [1.29, 1.82) is 0 Å². The van der Waals surface area contributed by atoms with Gasteiger partial charge in [-0.05, 0) is 46.0 Å². The second-order valence-corrected chi connectivity index (χ2v) is 12.2. The third-order valence-corrected chi connectivity index (χ3v) is 9.78. The molecule has 2 aromatic heterocycles. The predicted molar refractivity (Wildman–Crippen MR) is 162 cm³/mol. The third kappa shape index (κ3) is 4.96. The minimum absolute atomic E-state index is 0.0233. The summed E-state index contributed by atoms with van der Waals surface area (Å²) >= 11 is 4.14. The molecule has 0 saturated carbocycles. The van der Waals surface area contributed by atoms with Crippen LogP contribution in [0.2, 0.25) is 0 Å². The van der Waals surface area contributed by atoms with E-state index in [1.165, 1.54) is 64.5 Å². The Bertz CT molecular complexity index is 1790. The van der Waals surface area contributed by atoms with Crippen LogP contribution < -0.4 is 14.4 Å². The molecule has 1 saturated heterocycles. The Morgan fingerprint density at radius 1 is 0.976 bits per heavy atom. The van der Waals surface area contributed by atoms with E-state index >= 15 is 0 Å². The first kappa shape index (κ1) is 27.0. The molecule has 0 unspecified atom stereocenters. The topological polar surface area (TPSA) is 102 Å². The van der Waals surface area contributed by atoms with Gasteiger partial charge in [0.1, 0.15) is 11.8 Å². The molecule has 3 aromatic carbocycles. The molecule has 0 spiro atoms. The van der Waals surface area contributed by atoms with E-state index in [2.05, 4.69) is 34.5 Å². The van der Waals surface area contributed by atoms with Crippen molar-refractivity contribution in [3.63, 3.8) is 0 Å². The molecule has 8 nitrogen and oxygen atoms in total. The van der Waals surface area contributed by atoms with Crippen LogP contribution in [0.3, 0.4) is 0 Å². The van der Waals surface area contributed by atoms with Crippen LogP contribution in [0.5, 0.6) is 11.5 Å². The average molecular weight is 602 g/mol. The van der Waals surface area contributed by atoms with Crippen LogP contribution in [0.25, 0.3) is 16.5 Å². The van der Waals surface area contributed by atoms with Gasteiger partial charge in [0.15, 0.2) is 15.8 Å². The largest absolute Gasteiger partial charge is 0.507 e. The first-order valence-corrected chi connectivity index (χ1v) is 15.2. The number of nitrogens with zero attached hydrogens (tertiary/aromatic N) is 3. The summed E-state index contributed by atoms with van der Waals surface area (Å²) in [7, 11) is 2.99. The monoisotopic (exact) mass is 601 g/mol. The van der Waals surface area contributed by atoms with E-state index in [1.54, 1.807) is 18.2 Å². The van der Waals surface area contributed by atoms with Crippen molar-refractivity contribution in [1.82, 2.24) is 10.2 Å². The SMILES string of the molecule is COc1ccc(C(O)=C2C(=O)C(=O)N(c3nnc(SCc4cccc5ccccc45)s3)[C@H]2c2cccs2)cc1OC. The number of aromatic nitrogens is 2. The molecule has 0 aliphatic carbocycles. The maximum Gasteiger partial charge on any atom is 0.301 e. The number of thioether (sulfide) groups is 1. The van der Waals surface area contributed by atoms with Crippen molar-refractivity contribution in [3.05, 3.63) is 99.8 Å². The Morgan fingerprint density at radius 3 is 2.56 bits per heavy atom. The molecule has 206 valence electrons. The number of thiophene rings is 1. The summed E-state index contributed by atoms with van der Waals surface area (Å²) in [6.07, 6.45) is 0. The summed E-state index contributed by atoms with van der Waals surface area (Å²) in [5.74, 6) is -0.344. The zero-order chi connectivity index (χ0) is 28.5. The molecule has 5 aromatic rings. The van der Waals surface area contributed by atoms with Crippen LogP contribution in [0.15, 0.2) is 88.1 Å². The highest BCUT2D eigenvalue weighted by Gasteiger charge is 2.48. The fourth-order valence-corrected chi connectivity index (χ4v) is 7.50. The first-order chi connectivity index (χ1) is 20.0. The van der Waals surface area contributed by atoms with Crippen LogP contribution in [0.4, 0.5) is 5.13 Å². The predicted octanol–water partition coefficient (Wildman–Crippen LogP) is 6.69. The number of carbonyl (C=O) groups excluding carboxylic acids is 2. The number of carbonyl (C=O) groups is 2. The fourth-order valence-electron chi connectivity index (χ4n) is 4.80. The number of amides is 1. The lowest BCUT2D eigenvalue weighted by Crippen LogP contribution is -2.29. The van der Waals surface area contributed by atoms with E-state index in [4.69, 9.17) is 9.47 Å². The second-order valence-electron chi connectivity index (χ2n) is 9.03. The average Bonchev–Trinajstić information content (AvgIpc) is 3.76. The maximum atomic E-state index is 13.4. The maximum absolute atomic E-state index is 13.4. The quantitative estimate of drug-likeness (QED) is 0.0690. The molecular formula is C30H23N3O5S3. The van der Waals surface area contributed by atoms with E-state index in [0.717, 1.165) is 5.39 Å². The van der Waals surface area contributed by atoms with Gasteiger partial charge in [-0.15, -0.1) is 21.5 Å². The zero-order valence-electron chi connectivity index (χ0n) is 21.9. The molecule has 1 N–H and O–H groups in total. The molecule has 1 aliphatic rings. The minimum Gasteiger partial charge on any atom is -0.507 e. The Morgan fingerprint density at radius 2 is 1.78 bits per heavy atom. The van der Waals surface area contributed by atoms with Crippen molar-refractivity contribution in [3.8, 4) is 11.5 Å². The number of aliphatic hydroxyl groups excluding tert-OH is 1. The van der Waals surface area contributed by atoms with Gasteiger partial charge in [-0.25, -0.2) is 0 Å². The van der Waals surface area contributed by atoms with Crippen LogP contribution in [-0.2, 0) is 15.3 Å². The number of benzene rings is 3. The number of ether oxygens (including phenoxy) is 2. The molecule has 1 aliphatic heterocycles. The summed E-state index contributed by atoms with van der Waals surface area (Å²) < 4.78 is 11.3. The molecule has 1 amide bonds. The third-order valence-electron chi connectivity index (χ3n) is 6.75. The number of ketones is 1. The standard InChI is InChI=1S/C30H23N3O5S3/c1-37-21-13-12-18(15-22(21)38-2)26(34)24-25(23-11-6-14-39-23)33(28(36)27(24)35)29-31-32-30(41-29)40-16-19-9-5-8-17-7-3-4-10-20(17)19/h3-15,25,34H,16H2,1-2H3/t25-/m0/s1. The number of hydrogen-bond acceptors (Lipinski definition) is 10. The number of methoxy groups -OCH3 is 2. The highest BCUT2D eigenvalue weighted by molar-refractivity contribution is 8.00. The molecule has 41 heavy (non-hydrogen) atoms. The van der Waals surface area contributed by atoms with Crippen LogP contribution in [-0.4, -0.2) is 41.2 Å². The number of Topliss-reactive ketones (excluding diaryl/α,β-unsaturated/α-hetero) is 1. The lowest BCUT2D eigenvalue weighted by atomic mass is 9.99. The van der Waals surface area contributed by atoms with Gasteiger partial charge >= 0.3 is 5.91 Å². The van der Waals surface area contributed by atoms with Gasteiger partial charge in [0.25, 0.3) is 5.78 Å². The van der Waals surface area contributed by atoms with Crippen LogP contribution in [0.1, 0.15) is 22.0 Å². The molecule has 1 fully saturated rings. The zero-order valence-corrected chi connectivity index (χ0v) is 24.4. The number of anilines is 1. The van der Waals surface area contributed by atoms with Gasteiger partial charge in [-0.2, -0.15) is 0 Å². The fraction of sp³-hybridized carbons (Fsp3) is 0.133. The van der Waals surface area contributed by atoms with E-state index in [0.29, 0.717) is 32.0 Å². The lowest BCUT2D eigenvalue weighted by Gasteiger charge is -2.21. The van der Waals surface area contributed by atoms with Gasteiger partial charge in [-0.1, -0.05) is 71.6 Å². The summed E-state index contributed by atoms with van der Waals surface area (Å²) in [6.45, 7) is 0. The molecule has 3 heterocycles. The number of fused-ring (bicyclic) bond motifs is 1. The van der Waals surface area contributed by atoms with E-state index in [1.807, 2.05) is 35.7 Å². The van der Waals surface area contributed by atoms with Crippen molar-refractivity contribution in [2.75, 3.05) is 19.1 Å². The van der Waals surface area contributed by atoms with E-state index in [9.17, 15) is 14.7 Å². The molecule has 0 radical (unpaired) electrons. The normalized spacial score (nSPS) is 16.4. The van der Waals surface area contributed by atoms with E-state index in [-0.39, 0.29) is 16.5 Å². The van der Waals surface area contributed by atoms with E-state index < -0.39 is 17.7 Å². The van der Waals surface area contributed by atoms with Gasteiger partial charge in [-0.3, -0.25) is 14.5 Å². The highest BCUT2D eigenvalue weighted by atomic mass is 32.2. The second kappa shape index (κ2) is 11.4. The smallest absolute Gasteiger partial charge is 0.301 e. The van der Waals surface area contributed by atoms with Crippen molar-refractivity contribution >= 4 is 67.8 Å². The number of aliphatic hydroxyl groups is 1. The summed E-state index contributed by atoms with van der Waals surface area (Å²) in [6, 6.07) is 22.0. The Kier molecular flexibility index (Phi) is 7.48. The van der Waals surface area contributed by atoms with Crippen molar-refractivity contribution < 1.29 is 24.2 Å². The summed E-state index contributed by atoms with van der Waals surface area (Å²) in [5.41, 5.74) is 1.47. The minimum atomic E-state index is -0.855. The molecule has 6 rings (SSSR count). The summed E-state index contributed by atoms with van der Waals surface area (Å²) in [4.78, 5) is 28.9. The Balaban J connectivity index is 1.35. The van der Waals surface area contributed by atoms with Gasteiger partial charge < -0.3 is 14.6 Å². The Labute approximate surface area is 247 Å². The summed E-state index contributed by atoms with van der Waals surface area (Å²) in [5, 5.41) is 24.5. The lowest BCUT2D eigenvalue weighted by molar-refractivity contribution is -0.132. The molecule has 11 heteroatoms. The van der Waals surface area contributed by atoms with Crippen molar-refractivity contribution in [2.45, 2.75) is 16.1 Å². The highest BCUT2D eigenvalue weighted by Crippen LogP contribution is 2.45. The van der Waals surface area contributed by atoms with Crippen LogP contribution in [0, 0.1) is 0 Å². The van der Waals surface area contributed by atoms with Gasteiger partial charge in [0, 0.05) is 16.2 Å². The number of hydrogen-bond donors (Lipinski definition) is 1. The molecule has 1 atom stereocenters. The van der Waals surface area contributed by atoms with Gasteiger partial charge in [0.2, 0.25) is 5.13 Å². The Hall–Kier alpha value is -4.19.